The maximum absolute atomic E-state index is 11.9. The Bertz CT molecular complexity index is 608. The van der Waals surface area contributed by atoms with Crippen molar-refractivity contribution < 1.29 is 14.3 Å². The lowest BCUT2D eigenvalue weighted by Gasteiger charge is -2.08. The molecule has 0 aliphatic rings. The van der Waals surface area contributed by atoms with Crippen LogP contribution in [-0.4, -0.2) is 18.1 Å². The summed E-state index contributed by atoms with van der Waals surface area (Å²) in [6.45, 7) is 3.43. The summed E-state index contributed by atoms with van der Waals surface area (Å²) in [7, 11) is 1.30. The first-order valence-electron chi connectivity index (χ1n) is 5.14. The standard InChI is InChI=1S/C12H12N2O3/c1-7-8(2)14(16)10-6-4-5-9(11(10)13-7)12(15)17-3/h4-6H,1-3H3. The summed E-state index contributed by atoms with van der Waals surface area (Å²) < 4.78 is 5.45. The van der Waals surface area contributed by atoms with Crippen LogP contribution in [-0.2, 0) is 4.74 Å². The molecule has 0 amide bonds. The van der Waals surface area contributed by atoms with E-state index in [1.54, 1.807) is 32.0 Å². The Morgan fingerprint density at radius 1 is 1.41 bits per heavy atom. The summed E-state index contributed by atoms with van der Waals surface area (Å²) in [5, 5.41) is 11.9. The molecule has 0 N–H and O–H groups in total. The van der Waals surface area contributed by atoms with Gasteiger partial charge < -0.3 is 9.94 Å². The van der Waals surface area contributed by atoms with Gasteiger partial charge in [-0.1, -0.05) is 6.07 Å². The highest BCUT2D eigenvalue weighted by molar-refractivity contribution is 6.00. The van der Waals surface area contributed by atoms with E-state index >= 15 is 0 Å². The molecule has 1 heterocycles. The monoisotopic (exact) mass is 232 g/mol. The summed E-state index contributed by atoms with van der Waals surface area (Å²) in [4.78, 5) is 15.8. The molecule has 0 atom stereocenters. The van der Waals surface area contributed by atoms with Crippen molar-refractivity contribution >= 4 is 17.0 Å². The summed E-state index contributed by atoms with van der Waals surface area (Å²) in [5.74, 6) is -0.494. The second-order valence-corrected chi connectivity index (χ2v) is 3.74. The fourth-order valence-corrected chi connectivity index (χ4v) is 1.66. The van der Waals surface area contributed by atoms with Gasteiger partial charge in [-0.3, -0.25) is 0 Å². The quantitative estimate of drug-likeness (QED) is 0.422. The molecule has 0 unspecified atom stereocenters. The van der Waals surface area contributed by atoms with Crippen LogP contribution < -0.4 is 4.73 Å². The Balaban J connectivity index is 2.86. The molecule has 5 heteroatoms. The number of hydrogen-bond donors (Lipinski definition) is 0. The third-order valence-electron chi connectivity index (χ3n) is 2.75. The number of methoxy groups -OCH3 is 1. The first-order chi connectivity index (χ1) is 8.06. The lowest BCUT2D eigenvalue weighted by Crippen LogP contribution is -2.33. The number of rotatable bonds is 1. The predicted octanol–water partition coefficient (Wildman–Crippen LogP) is 1.27. The number of para-hydroxylation sites is 1. The van der Waals surface area contributed by atoms with Crippen LogP contribution in [0.2, 0.25) is 0 Å². The van der Waals surface area contributed by atoms with Crippen molar-refractivity contribution in [3.8, 4) is 0 Å². The average molecular weight is 232 g/mol. The van der Waals surface area contributed by atoms with Crippen molar-refractivity contribution in [2.45, 2.75) is 13.8 Å². The number of carbonyl (C=O) groups is 1. The smallest absolute Gasteiger partial charge is 0.340 e. The van der Waals surface area contributed by atoms with Crippen molar-refractivity contribution in [2.24, 2.45) is 0 Å². The molecule has 1 aromatic carbocycles. The highest BCUT2D eigenvalue weighted by Crippen LogP contribution is 2.16. The van der Waals surface area contributed by atoms with Gasteiger partial charge in [-0.15, -0.1) is 0 Å². The minimum absolute atomic E-state index is 0.303. The zero-order chi connectivity index (χ0) is 12.6. The first-order valence-corrected chi connectivity index (χ1v) is 5.14. The number of hydrogen-bond acceptors (Lipinski definition) is 4. The third-order valence-corrected chi connectivity index (χ3v) is 2.75. The molecular formula is C12H12N2O3. The van der Waals surface area contributed by atoms with Gasteiger partial charge in [-0.05, 0) is 13.0 Å². The molecule has 0 radical (unpaired) electrons. The molecule has 0 aliphatic heterocycles. The molecule has 0 bridgehead atoms. The van der Waals surface area contributed by atoms with E-state index in [-0.39, 0.29) is 0 Å². The zero-order valence-electron chi connectivity index (χ0n) is 9.85. The Morgan fingerprint density at radius 2 is 2.12 bits per heavy atom. The molecule has 2 rings (SSSR count). The van der Waals surface area contributed by atoms with Crippen LogP contribution in [0.25, 0.3) is 11.0 Å². The molecule has 0 spiro atoms. The second-order valence-electron chi connectivity index (χ2n) is 3.74. The molecule has 0 saturated carbocycles. The van der Waals surface area contributed by atoms with Gasteiger partial charge >= 0.3 is 5.97 Å². The number of carbonyl (C=O) groups excluding carboxylic acids is 1. The number of nitrogens with zero attached hydrogens (tertiary/aromatic N) is 2. The summed E-state index contributed by atoms with van der Waals surface area (Å²) in [6.07, 6.45) is 0. The SMILES string of the molecule is COC(=O)c1cccc2c1nc(C)c(C)[n+]2[O-]. The van der Waals surface area contributed by atoms with Gasteiger partial charge in [-0.2, -0.15) is 4.73 Å². The van der Waals surface area contributed by atoms with Gasteiger partial charge in [0.15, 0.2) is 5.52 Å². The van der Waals surface area contributed by atoms with Crippen LogP contribution in [0.3, 0.4) is 0 Å². The van der Waals surface area contributed by atoms with Crippen molar-refractivity contribution in [3.63, 3.8) is 0 Å². The first kappa shape index (κ1) is 11.3. The lowest BCUT2D eigenvalue weighted by atomic mass is 10.1. The van der Waals surface area contributed by atoms with Gasteiger partial charge in [0, 0.05) is 13.0 Å². The van der Waals surface area contributed by atoms with Crippen molar-refractivity contribution in [3.05, 3.63) is 40.4 Å². The molecular weight excluding hydrogens is 220 g/mol. The fraction of sp³-hybridized carbons (Fsp3) is 0.250. The van der Waals surface area contributed by atoms with E-state index in [9.17, 15) is 10.0 Å². The minimum Gasteiger partial charge on any atom is -0.618 e. The van der Waals surface area contributed by atoms with E-state index in [1.165, 1.54) is 7.11 Å². The normalized spacial score (nSPS) is 10.5. The van der Waals surface area contributed by atoms with Gasteiger partial charge in [-0.25, -0.2) is 9.78 Å². The fourth-order valence-electron chi connectivity index (χ4n) is 1.66. The van der Waals surface area contributed by atoms with E-state index in [0.717, 1.165) is 4.73 Å². The number of esters is 1. The van der Waals surface area contributed by atoms with Crippen molar-refractivity contribution in [1.29, 1.82) is 0 Å². The summed E-state index contributed by atoms with van der Waals surface area (Å²) in [5.41, 5.74) is 2.18. The van der Waals surface area contributed by atoms with Crippen molar-refractivity contribution in [1.82, 2.24) is 4.98 Å². The Hall–Kier alpha value is -2.17. The van der Waals surface area contributed by atoms with Crippen molar-refractivity contribution in [2.75, 3.05) is 7.11 Å². The van der Waals surface area contributed by atoms with E-state index in [0.29, 0.717) is 28.0 Å². The van der Waals surface area contributed by atoms with E-state index in [1.807, 2.05) is 0 Å². The van der Waals surface area contributed by atoms with Gasteiger partial charge in [0.25, 0.3) is 0 Å². The van der Waals surface area contributed by atoms with Crippen LogP contribution in [0.1, 0.15) is 21.7 Å². The third kappa shape index (κ3) is 1.69. The largest absolute Gasteiger partial charge is 0.618 e. The highest BCUT2D eigenvalue weighted by atomic mass is 16.5. The number of ether oxygens (including phenoxy) is 1. The van der Waals surface area contributed by atoms with Crippen LogP contribution >= 0.6 is 0 Å². The molecule has 5 nitrogen and oxygen atoms in total. The van der Waals surface area contributed by atoms with Crippen LogP contribution in [0.4, 0.5) is 0 Å². The second kappa shape index (κ2) is 4.01. The summed E-state index contributed by atoms with van der Waals surface area (Å²) >= 11 is 0. The molecule has 1 aromatic heterocycles. The van der Waals surface area contributed by atoms with Crippen LogP contribution in [0.15, 0.2) is 18.2 Å². The van der Waals surface area contributed by atoms with E-state index < -0.39 is 5.97 Å². The molecule has 0 fully saturated rings. The Kier molecular flexibility index (Phi) is 2.67. The number of aromatic nitrogens is 2. The molecule has 0 saturated heterocycles. The predicted molar refractivity (Wildman–Crippen MR) is 61.5 cm³/mol. The highest BCUT2D eigenvalue weighted by Gasteiger charge is 2.18. The van der Waals surface area contributed by atoms with Crippen LogP contribution in [0, 0.1) is 19.1 Å². The Morgan fingerprint density at radius 3 is 2.76 bits per heavy atom. The molecule has 88 valence electrons. The van der Waals surface area contributed by atoms with Crippen LogP contribution in [0.5, 0.6) is 0 Å². The maximum Gasteiger partial charge on any atom is 0.340 e. The van der Waals surface area contributed by atoms with E-state index in [4.69, 9.17) is 0 Å². The van der Waals surface area contributed by atoms with E-state index in [2.05, 4.69) is 9.72 Å². The number of fused-ring (bicyclic) bond motifs is 1. The topological polar surface area (TPSA) is 66.1 Å². The van der Waals surface area contributed by atoms with Gasteiger partial charge in [0.1, 0.15) is 5.69 Å². The molecule has 17 heavy (non-hydrogen) atoms. The van der Waals surface area contributed by atoms with Gasteiger partial charge in [0.2, 0.25) is 11.2 Å². The lowest BCUT2D eigenvalue weighted by molar-refractivity contribution is -0.585. The number of benzene rings is 1. The minimum atomic E-state index is -0.494. The van der Waals surface area contributed by atoms with Gasteiger partial charge in [0.05, 0.1) is 12.7 Å². The zero-order valence-corrected chi connectivity index (χ0v) is 9.85. The Labute approximate surface area is 98.2 Å². The summed E-state index contributed by atoms with van der Waals surface area (Å²) in [6, 6.07) is 4.86. The number of aryl methyl sites for hydroxylation is 1. The molecule has 2 aromatic rings. The maximum atomic E-state index is 11.9. The molecule has 0 aliphatic carbocycles. The average Bonchev–Trinajstić information content (AvgIpc) is 2.34.